The zero-order valence-electron chi connectivity index (χ0n) is 10.8. The third-order valence-electron chi connectivity index (χ3n) is 2.98. The molecule has 1 aromatic carbocycles. The van der Waals surface area contributed by atoms with Gasteiger partial charge in [-0.15, -0.1) is 0 Å². The Morgan fingerprint density at radius 2 is 1.76 bits per heavy atom. The first kappa shape index (κ1) is 11.8. The number of benzene rings is 1. The first-order chi connectivity index (χ1) is 8.20. The maximum atomic E-state index is 4.49. The summed E-state index contributed by atoms with van der Waals surface area (Å²) in [7, 11) is 0. The van der Waals surface area contributed by atoms with Crippen LogP contribution in [0.3, 0.4) is 0 Å². The van der Waals surface area contributed by atoms with Gasteiger partial charge >= 0.3 is 0 Å². The van der Waals surface area contributed by atoms with E-state index in [1.165, 1.54) is 28.7 Å². The molecule has 0 saturated heterocycles. The Bertz CT molecular complexity index is 515. The van der Waals surface area contributed by atoms with E-state index in [0.29, 0.717) is 0 Å². The molecular formula is C16H19N. The van der Waals surface area contributed by atoms with Crippen molar-refractivity contribution < 1.29 is 0 Å². The molecule has 0 fully saturated rings. The molecule has 0 atom stereocenters. The van der Waals surface area contributed by atoms with Crippen LogP contribution in [0, 0.1) is 13.8 Å². The van der Waals surface area contributed by atoms with E-state index in [2.05, 4.69) is 50.0 Å². The highest BCUT2D eigenvalue weighted by Gasteiger charge is 2.06. The summed E-state index contributed by atoms with van der Waals surface area (Å²) in [6.45, 7) is 6.46. The van der Waals surface area contributed by atoms with Crippen LogP contribution in [0.2, 0.25) is 0 Å². The molecule has 1 aromatic heterocycles. The highest BCUT2D eigenvalue weighted by Crippen LogP contribution is 2.24. The van der Waals surface area contributed by atoms with Crippen molar-refractivity contribution in [2.75, 3.05) is 0 Å². The summed E-state index contributed by atoms with van der Waals surface area (Å²) >= 11 is 0. The summed E-state index contributed by atoms with van der Waals surface area (Å²) in [5.41, 5.74) is 6.34. The van der Waals surface area contributed by atoms with Crippen molar-refractivity contribution in [3.8, 4) is 11.3 Å². The van der Waals surface area contributed by atoms with Gasteiger partial charge in [0, 0.05) is 11.8 Å². The van der Waals surface area contributed by atoms with E-state index in [0.717, 1.165) is 12.1 Å². The lowest BCUT2D eigenvalue weighted by Gasteiger charge is -2.10. The van der Waals surface area contributed by atoms with Crippen molar-refractivity contribution in [1.29, 1.82) is 0 Å². The Hall–Kier alpha value is -1.63. The van der Waals surface area contributed by atoms with Gasteiger partial charge in [0.15, 0.2) is 0 Å². The average molecular weight is 225 g/mol. The van der Waals surface area contributed by atoms with Crippen LogP contribution in [-0.2, 0) is 6.42 Å². The molecule has 88 valence electrons. The minimum absolute atomic E-state index is 1.09. The largest absolute Gasteiger partial charge is 0.256 e. The van der Waals surface area contributed by atoms with Crippen molar-refractivity contribution in [2.24, 2.45) is 0 Å². The van der Waals surface area contributed by atoms with Crippen LogP contribution in [-0.4, -0.2) is 4.98 Å². The maximum Gasteiger partial charge on any atom is 0.0707 e. The van der Waals surface area contributed by atoms with Gasteiger partial charge in [0.2, 0.25) is 0 Å². The molecule has 0 aliphatic rings. The smallest absolute Gasteiger partial charge is 0.0707 e. The van der Waals surface area contributed by atoms with Gasteiger partial charge in [-0.05, 0) is 49.6 Å². The van der Waals surface area contributed by atoms with Gasteiger partial charge in [-0.1, -0.05) is 31.0 Å². The molecule has 2 rings (SSSR count). The molecule has 1 nitrogen and oxygen atoms in total. The highest BCUT2D eigenvalue weighted by atomic mass is 14.7. The van der Waals surface area contributed by atoms with Crippen LogP contribution in [0.4, 0.5) is 0 Å². The number of hydrogen-bond donors (Lipinski definition) is 0. The van der Waals surface area contributed by atoms with E-state index < -0.39 is 0 Å². The summed E-state index contributed by atoms with van der Waals surface area (Å²) in [5.74, 6) is 0. The lowest BCUT2D eigenvalue weighted by molar-refractivity contribution is 0.922. The van der Waals surface area contributed by atoms with E-state index in [1.54, 1.807) is 0 Å². The monoisotopic (exact) mass is 225 g/mol. The fourth-order valence-electron chi connectivity index (χ4n) is 2.10. The van der Waals surface area contributed by atoms with E-state index in [9.17, 15) is 0 Å². The topological polar surface area (TPSA) is 12.9 Å². The second-order valence-corrected chi connectivity index (χ2v) is 4.63. The Morgan fingerprint density at radius 1 is 1.00 bits per heavy atom. The van der Waals surface area contributed by atoms with Crippen molar-refractivity contribution in [3.05, 3.63) is 53.2 Å². The Kier molecular flexibility index (Phi) is 3.58. The first-order valence-corrected chi connectivity index (χ1v) is 6.23. The molecule has 0 unspecified atom stereocenters. The lowest BCUT2D eigenvalue weighted by atomic mass is 9.97. The van der Waals surface area contributed by atoms with Gasteiger partial charge in [-0.2, -0.15) is 0 Å². The van der Waals surface area contributed by atoms with Crippen LogP contribution in [0.15, 0.2) is 36.5 Å². The standard InChI is InChI=1S/C16H19N/c1-4-5-14-7-6-12(2)10-15(14)16-11-13(3)8-9-17-16/h6-11H,4-5H2,1-3H3. The van der Waals surface area contributed by atoms with Crippen LogP contribution >= 0.6 is 0 Å². The Balaban J connectivity index is 2.52. The van der Waals surface area contributed by atoms with Gasteiger partial charge in [0.1, 0.15) is 0 Å². The summed E-state index contributed by atoms with van der Waals surface area (Å²) in [5, 5.41) is 0. The molecule has 0 spiro atoms. The fourth-order valence-corrected chi connectivity index (χ4v) is 2.10. The second kappa shape index (κ2) is 5.13. The minimum Gasteiger partial charge on any atom is -0.256 e. The number of hydrogen-bond acceptors (Lipinski definition) is 1. The van der Waals surface area contributed by atoms with E-state index in [4.69, 9.17) is 0 Å². The zero-order valence-corrected chi connectivity index (χ0v) is 10.8. The molecule has 0 radical (unpaired) electrons. The van der Waals surface area contributed by atoms with Gasteiger partial charge < -0.3 is 0 Å². The first-order valence-electron chi connectivity index (χ1n) is 6.23. The number of nitrogens with zero attached hydrogens (tertiary/aromatic N) is 1. The Morgan fingerprint density at radius 3 is 2.47 bits per heavy atom. The number of aryl methyl sites for hydroxylation is 3. The predicted molar refractivity (Wildman–Crippen MR) is 73.1 cm³/mol. The van der Waals surface area contributed by atoms with Crippen LogP contribution < -0.4 is 0 Å². The molecule has 0 aliphatic heterocycles. The molecule has 0 saturated carbocycles. The normalized spacial score (nSPS) is 10.5. The number of aromatic nitrogens is 1. The molecule has 2 aromatic rings. The van der Waals surface area contributed by atoms with Crippen LogP contribution in [0.1, 0.15) is 30.0 Å². The van der Waals surface area contributed by atoms with Crippen molar-refractivity contribution in [1.82, 2.24) is 4.98 Å². The SMILES string of the molecule is CCCc1ccc(C)cc1-c1cc(C)ccn1. The van der Waals surface area contributed by atoms with Gasteiger partial charge in [-0.25, -0.2) is 0 Å². The van der Waals surface area contributed by atoms with Gasteiger partial charge in [-0.3, -0.25) is 4.98 Å². The predicted octanol–water partition coefficient (Wildman–Crippen LogP) is 4.32. The quantitative estimate of drug-likeness (QED) is 0.758. The Labute approximate surface area is 104 Å². The lowest BCUT2D eigenvalue weighted by Crippen LogP contribution is -1.93. The van der Waals surface area contributed by atoms with Crippen molar-refractivity contribution in [3.63, 3.8) is 0 Å². The van der Waals surface area contributed by atoms with Crippen LogP contribution in [0.5, 0.6) is 0 Å². The molecule has 0 aliphatic carbocycles. The molecule has 0 bridgehead atoms. The number of pyridine rings is 1. The summed E-state index contributed by atoms with van der Waals surface area (Å²) in [6.07, 6.45) is 4.18. The van der Waals surface area contributed by atoms with Crippen molar-refractivity contribution in [2.45, 2.75) is 33.6 Å². The number of rotatable bonds is 3. The summed E-state index contributed by atoms with van der Waals surface area (Å²) in [4.78, 5) is 4.49. The second-order valence-electron chi connectivity index (χ2n) is 4.63. The minimum atomic E-state index is 1.09. The molecule has 0 N–H and O–H groups in total. The highest BCUT2D eigenvalue weighted by molar-refractivity contribution is 5.65. The third-order valence-corrected chi connectivity index (χ3v) is 2.98. The molecule has 1 heterocycles. The van der Waals surface area contributed by atoms with Gasteiger partial charge in [0.05, 0.1) is 5.69 Å². The third kappa shape index (κ3) is 2.73. The zero-order chi connectivity index (χ0) is 12.3. The molecule has 1 heteroatoms. The van der Waals surface area contributed by atoms with E-state index >= 15 is 0 Å². The molecule has 0 amide bonds. The average Bonchev–Trinajstić information content (AvgIpc) is 2.32. The summed E-state index contributed by atoms with van der Waals surface area (Å²) < 4.78 is 0. The maximum absolute atomic E-state index is 4.49. The van der Waals surface area contributed by atoms with Crippen molar-refractivity contribution >= 4 is 0 Å². The van der Waals surface area contributed by atoms with E-state index in [1.807, 2.05) is 12.3 Å². The molecular weight excluding hydrogens is 206 g/mol. The fraction of sp³-hybridized carbons (Fsp3) is 0.312. The summed E-state index contributed by atoms with van der Waals surface area (Å²) in [6, 6.07) is 10.9. The van der Waals surface area contributed by atoms with Gasteiger partial charge in [0.25, 0.3) is 0 Å². The van der Waals surface area contributed by atoms with Crippen LogP contribution in [0.25, 0.3) is 11.3 Å². The molecule has 17 heavy (non-hydrogen) atoms. The van der Waals surface area contributed by atoms with E-state index in [-0.39, 0.29) is 0 Å².